The maximum atomic E-state index is 13.0. The highest BCUT2D eigenvalue weighted by Crippen LogP contribution is 2.56. The summed E-state index contributed by atoms with van der Waals surface area (Å²) >= 11 is 0. The molecule has 2 aliphatic carbocycles. The van der Waals surface area contributed by atoms with Crippen LogP contribution >= 0.6 is 0 Å². The van der Waals surface area contributed by atoms with Crippen molar-refractivity contribution in [3.63, 3.8) is 0 Å². The minimum atomic E-state index is -0.228. The fraction of sp³-hybridized carbons (Fsp3) is 0.591. The summed E-state index contributed by atoms with van der Waals surface area (Å²) < 4.78 is 18.8. The quantitative estimate of drug-likeness (QED) is 0.647. The van der Waals surface area contributed by atoms with E-state index in [1.54, 1.807) is 12.1 Å². The van der Waals surface area contributed by atoms with Crippen LogP contribution in [-0.4, -0.2) is 18.6 Å². The van der Waals surface area contributed by atoms with Crippen LogP contribution in [0.15, 0.2) is 36.4 Å². The number of carbonyl (C=O) groups is 1. The SMILES string of the molecule is C=C1CCC[C@]2(C)C[C@H]3OC(=O)[C@@H](CNCc4ccc(F)cc4)[C@@H]3C[C@@H]12. The van der Waals surface area contributed by atoms with Gasteiger partial charge in [-0.1, -0.05) is 31.2 Å². The Morgan fingerprint density at radius 2 is 2.12 bits per heavy atom. The highest BCUT2D eigenvalue weighted by atomic mass is 19.1. The minimum absolute atomic E-state index is 0.0561. The topological polar surface area (TPSA) is 38.3 Å². The van der Waals surface area contributed by atoms with Crippen molar-refractivity contribution in [1.29, 1.82) is 0 Å². The molecule has 0 aromatic heterocycles. The van der Waals surface area contributed by atoms with Gasteiger partial charge in [-0.3, -0.25) is 4.79 Å². The zero-order valence-corrected chi connectivity index (χ0v) is 15.5. The molecule has 4 rings (SSSR count). The van der Waals surface area contributed by atoms with Crippen molar-refractivity contribution in [1.82, 2.24) is 5.32 Å². The van der Waals surface area contributed by atoms with E-state index in [-0.39, 0.29) is 35.1 Å². The molecule has 1 N–H and O–H groups in total. The number of ether oxygens (including phenoxy) is 1. The number of allylic oxidation sites excluding steroid dienone is 1. The van der Waals surface area contributed by atoms with E-state index in [4.69, 9.17) is 4.74 Å². The molecule has 1 aromatic carbocycles. The van der Waals surface area contributed by atoms with Crippen molar-refractivity contribution in [3.8, 4) is 0 Å². The Hall–Kier alpha value is -1.68. The maximum Gasteiger partial charge on any atom is 0.310 e. The van der Waals surface area contributed by atoms with E-state index in [0.717, 1.165) is 24.8 Å². The van der Waals surface area contributed by atoms with Gasteiger partial charge in [-0.15, -0.1) is 0 Å². The van der Waals surface area contributed by atoms with Gasteiger partial charge in [-0.2, -0.15) is 0 Å². The Labute approximate surface area is 155 Å². The van der Waals surface area contributed by atoms with Gasteiger partial charge in [-0.05, 0) is 61.1 Å². The number of halogens is 1. The van der Waals surface area contributed by atoms with Crippen molar-refractivity contribution in [2.24, 2.45) is 23.2 Å². The molecule has 3 aliphatic rings. The van der Waals surface area contributed by atoms with Gasteiger partial charge in [-0.25, -0.2) is 4.39 Å². The van der Waals surface area contributed by atoms with Gasteiger partial charge >= 0.3 is 5.97 Å². The molecule has 4 heteroatoms. The van der Waals surface area contributed by atoms with Gasteiger partial charge in [0.2, 0.25) is 0 Å². The van der Waals surface area contributed by atoms with Gasteiger partial charge in [0, 0.05) is 19.0 Å². The Balaban J connectivity index is 1.40. The number of fused-ring (bicyclic) bond motifs is 2. The van der Waals surface area contributed by atoms with Crippen LogP contribution in [-0.2, 0) is 16.1 Å². The predicted molar refractivity (Wildman–Crippen MR) is 98.8 cm³/mol. The normalized spacial score (nSPS) is 36.4. The fourth-order valence-electron chi connectivity index (χ4n) is 5.46. The number of rotatable bonds is 4. The van der Waals surface area contributed by atoms with Gasteiger partial charge < -0.3 is 10.1 Å². The van der Waals surface area contributed by atoms with Gasteiger partial charge in [0.15, 0.2) is 0 Å². The molecule has 0 amide bonds. The molecule has 0 radical (unpaired) electrons. The van der Waals surface area contributed by atoms with Crippen LogP contribution in [0.2, 0.25) is 0 Å². The number of nitrogens with one attached hydrogen (secondary N) is 1. The van der Waals surface area contributed by atoms with E-state index in [1.165, 1.54) is 30.5 Å². The second-order valence-electron chi connectivity index (χ2n) is 8.66. The van der Waals surface area contributed by atoms with Crippen molar-refractivity contribution >= 4 is 5.97 Å². The zero-order chi connectivity index (χ0) is 18.3. The lowest BCUT2D eigenvalue weighted by Gasteiger charge is -2.50. The van der Waals surface area contributed by atoms with Crippen LogP contribution in [0.4, 0.5) is 4.39 Å². The number of hydrogen-bond acceptors (Lipinski definition) is 3. The van der Waals surface area contributed by atoms with E-state index in [1.807, 2.05) is 0 Å². The van der Waals surface area contributed by atoms with E-state index in [9.17, 15) is 9.18 Å². The number of carbonyl (C=O) groups excluding carboxylic acids is 1. The monoisotopic (exact) mass is 357 g/mol. The second-order valence-corrected chi connectivity index (χ2v) is 8.66. The molecule has 1 heterocycles. The summed E-state index contributed by atoms with van der Waals surface area (Å²) in [5, 5.41) is 3.37. The third-order valence-corrected chi connectivity index (χ3v) is 6.93. The molecule has 0 spiro atoms. The Morgan fingerprint density at radius 1 is 1.35 bits per heavy atom. The largest absolute Gasteiger partial charge is 0.462 e. The minimum Gasteiger partial charge on any atom is -0.462 e. The molecule has 0 unspecified atom stereocenters. The molecule has 26 heavy (non-hydrogen) atoms. The van der Waals surface area contributed by atoms with E-state index < -0.39 is 0 Å². The third kappa shape index (κ3) is 3.20. The van der Waals surface area contributed by atoms with E-state index in [0.29, 0.717) is 19.0 Å². The van der Waals surface area contributed by atoms with Crippen LogP contribution < -0.4 is 5.32 Å². The lowest BCUT2D eigenvalue weighted by Crippen LogP contribution is -2.45. The van der Waals surface area contributed by atoms with Gasteiger partial charge in [0.25, 0.3) is 0 Å². The van der Waals surface area contributed by atoms with Crippen LogP contribution in [0, 0.1) is 29.0 Å². The summed E-state index contributed by atoms with van der Waals surface area (Å²) in [6.45, 7) is 7.94. The van der Waals surface area contributed by atoms with Crippen LogP contribution in [0.3, 0.4) is 0 Å². The molecule has 140 valence electrons. The standard InChI is InChI=1S/C22H28FNO2/c1-14-4-3-9-22(2)11-20-17(10-19(14)22)18(21(25)26-20)13-24-12-15-5-7-16(23)8-6-15/h5-8,17-20,24H,1,3-4,9-13H2,2H3/t17-,18-,19-,20+,22+/m0/s1. The molecule has 3 fully saturated rings. The summed E-state index contributed by atoms with van der Waals surface area (Å²) in [5.74, 6) is 0.441. The molecular weight excluding hydrogens is 329 g/mol. The number of benzene rings is 1. The summed E-state index contributed by atoms with van der Waals surface area (Å²) in [5.41, 5.74) is 2.63. The van der Waals surface area contributed by atoms with Crippen LogP contribution in [0.1, 0.15) is 44.6 Å². The first-order valence-corrected chi connectivity index (χ1v) is 9.79. The van der Waals surface area contributed by atoms with Crippen molar-refractivity contribution < 1.29 is 13.9 Å². The highest BCUT2D eigenvalue weighted by Gasteiger charge is 2.54. The Kier molecular flexibility index (Phi) is 4.64. The first-order valence-electron chi connectivity index (χ1n) is 9.79. The fourth-order valence-corrected chi connectivity index (χ4v) is 5.46. The van der Waals surface area contributed by atoms with Gasteiger partial charge in [0.1, 0.15) is 11.9 Å². The Morgan fingerprint density at radius 3 is 2.88 bits per heavy atom. The summed E-state index contributed by atoms with van der Waals surface area (Å²) in [6.07, 6.45) is 5.60. The van der Waals surface area contributed by atoms with Gasteiger partial charge in [0.05, 0.1) is 5.92 Å². The highest BCUT2D eigenvalue weighted by molar-refractivity contribution is 5.75. The number of hydrogen-bond donors (Lipinski definition) is 1. The summed E-state index contributed by atoms with van der Waals surface area (Å²) in [6, 6.07) is 6.48. The lowest BCUT2D eigenvalue weighted by atomic mass is 9.55. The molecule has 2 saturated carbocycles. The molecule has 1 aliphatic heterocycles. The van der Waals surface area contributed by atoms with Crippen molar-refractivity contribution in [3.05, 3.63) is 47.8 Å². The van der Waals surface area contributed by atoms with E-state index in [2.05, 4.69) is 18.8 Å². The first-order chi connectivity index (χ1) is 12.5. The van der Waals surface area contributed by atoms with Crippen LogP contribution in [0.25, 0.3) is 0 Å². The van der Waals surface area contributed by atoms with Crippen molar-refractivity contribution in [2.45, 2.75) is 51.7 Å². The molecule has 1 saturated heterocycles. The average molecular weight is 357 g/mol. The second kappa shape index (κ2) is 6.80. The molecule has 3 nitrogen and oxygen atoms in total. The van der Waals surface area contributed by atoms with E-state index >= 15 is 0 Å². The number of esters is 1. The predicted octanol–water partition coefficient (Wildman–Crippen LogP) is 4.23. The summed E-state index contributed by atoms with van der Waals surface area (Å²) in [4.78, 5) is 12.5. The molecule has 1 aromatic rings. The summed E-state index contributed by atoms with van der Waals surface area (Å²) in [7, 11) is 0. The Bertz CT molecular complexity index is 701. The third-order valence-electron chi connectivity index (χ3n) is 6.93. The van der Waals surface area contributed by atoms with Crippen LogP contribution in [0.5, 0.6) is 0 Å². The molecule has 0 bridgehead atoms. The first kappa shape index (κ1) is 17.7. The zero-order valence-electron chi connectivity index (χ0n) is 15.5. The lowest BCUT2D eigenvalue weighted by molar-refractivity contribution is -0.146. The average Bonchev–Trinajstić information content (AvgIpc) is 2.89. The smallest absolute Gasteiger partial charge is 0.310 e. The molecular formula is C22H28FNO2. The molecule has 5 atom stereocenters. The maximum absolute atomic E-state index is 13.0. The van der Waals surface area contributed by atoms with Crippen molar-refractivity contribution in [2.75, 3.05) is 6.54 Å².